The number of aromatic nitrogens is 1. The van der Waals surface area contributed by atoms with Gasteiger partial charge in [0.05, 0.1) is 0 Å². The van der Waals surface area contributed by atoms with E-state index in [-0.39, 0.29) is 0 Å². The highest BCUT2D eigenvalue weighted by atomic mass is 16.4. The fraction of sp³-hybridized carbons (Fsp3) is 0.500. The van der Waals surface area contributed by atoms with E-state index in [9.17, 15) is 4.79 Å². The van der Waals surface area contributed by atoms with Crippen molar-refractivity contribution in [1.29, 1.82) is 0 Å². The van der Waals surface area contributed by atoms with Gasteiger partial charge in [0.2, 0.25) is 0 Å². The molecule has 1 aliphatic rings. The molecule has 1 aliphatic heterocycles. The summed E-state index contributed by atoms with van der Waals surface area (Å²) in [6, 6.07) is 3.90. The first kappa shape index (κ1) is 9.27. The number of carboxylic acid groups (broad SMARTS) is 1. The molecular weight excluding hydrogens is 180 g/mol. The molecule has 0 radical (unpaired) electrons. The molecule has 0 saturated carbocycles. The number of fused-ring (bicyclic) bond motifs is 1. The van der Waals surface area contributed by atoms with Crippen LogP contribution < -0.4 is 5.32 Å². The molecule has 0 saturated heterocycles. The van der Waals surface area contributed by atoms with Crippen LogP contribution in [0.3, 0.4) is 0 Å². The first-order chi connectivity index (χ1) is 6.74. The summed E-state index contributed by atoms with van der Waals surface area (Å²) in [5, 5.41) is 12.3. The van der Waals surface area contributed by atoms with Gasteiger partial charge in [-0.25, -0.2) is 4.79 Å². The second kappa shape index (κ2) is 3.46. The molecule has 4 nitrogen and oxygen atoms in total. The number of hydrogen-bond donors (Lipinski definition) is 2. The summed E-state index contributed by atoms with van der Waals surface area (Å²) in [5.74, 6) is -0.840. The van der Waals surface area contributed by atoms with Gasteiger partial charge in [0.1, 0.15) is 5.69 Å². The third kappa shape index (κ3) is 1.32. The van der Waals surface area contributed by atoms with Crippen molar-refractivity contribution in [1.82, 2.24) is 9.88 Å². The van der Waals surface area contributed by atoms with E-state index in [0.29, 0.717) is 11.7 Å². The van der Waals surface area contributed by atoms with Crippen LogP contribution in [0.1, 0.15) is 35.6 Å². The summed E-state index contributed by atoms with van der Waals surface area (Å²) in [6.07, 6.45) is 0.989. The molecule has 0 aliphatic carbocycles. The molecule has 1 atom stereocenters. The van der Waals surface area contributed by atoms with Crippen LogP contribution in [-0.2, 0) is 6.54 Å². The zero-order valence-electron chi connectivity index (χ0n) is 8.16. The Bertz CT molecular complexity index is 357. The minimum Gasteiger partial charge on any atom is -0.477 e. The van der Waals surface area contributed by atoms with Crippen molar-refractivity contribution in [2.75, 3.05) is 6.54 Å². The van der Waals surface area contributed by atoms with Crippen LogP contribution in [0.2, 0.25) is 0 Å². The second-order valence-corrected chi connectivity index (χ2v) is 3.52. The number of hydrogen-bond acceptors (Lipinski definition) is 2. The van der Waals surface area contributed by atoms with E-state index in [2.05, 4.69) is 12.2 Å². The summed E-state index contributed by atoms with van der Waals surface area (Å²) in [7, 11) is 0. The molecule has 14 heavy (non-hydrogen) atoms. The second-order valence-electron chi connectivity index (χ2n) is 3.52. The minimum atomic E-state index is -0.840. The molecule has 1 aromatic heterocycles. The molecule has 0 aromatic carbocycles. The highest BCUT2D eigenvalue weighted by Gasteiger charge is 2.22. The van der Waals surface area contributed by atoms with Crippen LogP contribution in [0.25, 0.3) is 0 Å². The van der Waals surface area contributed by atoms with Crippen molar-refractivity contribution in [2.24, 2.45) is 0 Å². The van der Waals surface area contributed by atoms with Crippen molar-refractivity contribution in [3.63, 3.8) is 0 Å². The first-order valence-corrected chi connectivity index (χ1v) is 4.90. The molecule has 76 valence electrons. The number of nitrogens with one attached hydrogen (secondary N) is 1. The fourth-order valence-corrected chi connectivity index (χ4v) is 2.03. The predicted molar refractivity (Wildman–Crippen MR) is 52.4 cm³/mol. The van der Waals surface area contributed by atoms with E-state index >= 15 is 0 Å². The molecule has 2 rings (SSSR count). The van der Waals surface area contributed by atoms with E-state index in [0.717, 1.165) is 25.2 Å². The highest BCUT2D eigenvalue weighted by Crippen LogP contribution is 2.23. The lowest BCUT2D eigenvalue weighted by Gasteiger charge is -2.26. The maximum atomic E-state index is 10.9. The zero-order chi connectivity index (χ0) is 10.1. The van der Waals surface area contributed by atoms with Gasteiger partial charge in [-0.05, 0) is 18.6 Å². The Hall–Kier alpha value is -1.29. The predicted octanol–water partition coefficient (Wildman–Crippen LogP) is 1.24. The first-order valence-electron chi connectivity index (χ1n) is 4.90. The lowest BCUT2D eigenvalue weighted by atomic mass is 10.1. The Labute approximate surface area is 82.5 Å². The minimum absolute atomic E-state index is 0.303. The molecule has 1 aromatic rings. The quantitative estimate of drug-likeness (QED) is 0.744. The zero-order valence-corrected chi connectivity index (χ0v) is 8.16. The van der Waals surface area contributed by atoms with Gasteiger partial charge in [-0.3, -0.25) is 0 Å². The summed E-state index contributed by atoms with van der Waals surface area (Å²) in [4.78, 5) is 10.9. The van der Waals surface area contributed by atoms with Crippen LogP contribution in [0, 0.1) is 0 Å². The van der Waals surface area contributed by atoms with E-state index in [4.69, 9.17) is 5.11 Å². The SMILES string of the molecule is CCC1NCCn2c(C(=O)O)ccc21. The maximum Gasteiger partial charge on any atom is 0.352 e. The third-order valence-corrected chi connectivity index (χ3v) is 2.72. The van der Waals surface area contributed by atoms with E-state index in [1.165, 1.54) is 0 Å². The van der Waals surface area contributed by atoms with Crippen molar-refractivity contribution < 1.29 is 9.90 Å². The molecule has 2 N–H and O–H groups in total. The topological polar surface area (TPSA) is 54.3 Å². The molecule has 2 heterocycles. The molecule has 0 fully saturated rings. The summed E-state index contributed by atoms with van der Waals surface area (Å²) in [6.45, 7) is 3.70. The van der Waals surface area contributed by atoms with Crippen LogP contribution in [0.4, 0.5) is 0 Å². The fourth-order valence-electron chi connectivity index (χ4n) is 2.03. The van der Waals surface area contributed by atoms with Crippen molar-refractivity contribution in [3.05, 3.63) is 23.5 Å². The van der Waals surface area contributed by atoms with Gasteiger partial charge in [0, 0.05) is 24.8 Å². The summed E-state index contributed by atoms with van der Waals surface area (Å²) < 4.78 is 1.90. The van der Waals surface area contributed by atoms with Crippen LogP contribution in [-0.4, -0.2) is 22.2 Å². The summed E-state index contributed by atoms with van der Waals surface area (Å²) in [5.41, 5.74) is 1.50. The van der Waals surface area contributed by atoms with Gasteiger partial charge in [0.25, 0.3) is 0 Å². The van der Waals surface area contributed by atoms with Gasteiger partial charge in [-0.15, -0.1) is 0 Å². The number of nitrogens with zero attached hydrogens (tertiary/aromatic N) is 1. The van der Waals surface area contributed by atoms with Crippen LogP contribution in [0.5, 0.6) is 0 Å². The Morgan fingerprint density at radius 3 is 3.14 bits per heavy atom. The number of aromatic carboxylic acids is 1. The Morgan fingerprint density at radius 2 is 2.50 bits per heavy atom. The molecule has 1 unspecified atom stereocenters. The standard InChI is InChI=1S/C10H14N2O2/c1-2-7-8-3-4-9(10(13)14)12(8)6-5-11-7/h3-4,7,11H,2,5-6H2,1H3,(H,13,14). The van der Waals surface area contributed by atoms with Gasteiger partial charge in [-0.2, -0.15) is 0 Å². The lowest BCUT2D eigenvalue weighted by molar-refractivity contribution is 0.0683. The maximum absolute atomic E-state index is 10.9. The number of rotatable bonds is 2. The van der Waals surface area contributed by atoms with Crippen molar-refractivity contribution in [2.45, 2.75) is 25.9 Å². The van der Waals surface area contributed by atoms with E-state index < -0.39 is 5.97 Å². The largest absolute Gasteiger partial charge is 0.477 e. The normalized spacial score (nSPS) is 20.5. The molecule has 4 heteroatoms. The number of carbonyl (C=O) groups is 1. The van der Waals surface area contributed by atoms with E-state index in [1.807, 2.05) is 10.6 Å². The summed E-state index contributed by atoms with van der Waals surface area (Å²) >= 11 is 0. The van der Waals surface area contributed by atoms with Crippen LogP contribution in [0.15, 0.2) is 12.1 Å². The molecule has 0 bridgehead atoms. The van der Waals surface area contributed by atoms with Gasteiger partial charge in [0.15, 0.2) is 0 Å². The molecule has 0 spiro atoms. The van der Waals surface area contributed by atoms with Crippen molar-refractivity contribution >= 4 is 5.97 Å². The number of carboxylic acids is 1. The monoisotopic (exact) mass is 194 g/mol. The average molecular weight is 194 g/mol. The van der Waals surface area contributed by atoms with Gasteiger partial charge in [-0.1, -0.05) is 6.92 Å². The highest BCUT2D eigenvalue weighted by molar-refractivity contribution is 5.86. The Morgan fingerprint density at radius 1 is 1.71 bits per heavy atom. The lowest BCUT2D eigenvalue weighted by Crippen LogP contribution is -2.33. The van der Waals surface area contributed by atoms with Crippen LogP contribution >= 0.6 is 0 Å². The van der Waals surface area contributed by atoms with Crippen molar-refractivity contribution in [3.8, 4) is 0 Å². The Kier molecular flexibility index (Phi) is 2.29. The van der Waals surface area contributed by atoms with E-state index in [1.54, 1.807) is 6.07 Å². The molecule has 0 amide bonds. The van der Waals surface area contributed by atoms with Gasteiger partial charge < -0.3 is 15.0 Å². The Balaban J connectivity index is 2.42. The smallest absolute Gasteiger partial charge is 0.352 e. The molecular formula is C10H14N2O2. The van der Waals surface area contributed by atoms with Gasteiger partial charge >= 0.3 is 5.97 Å². The third-order valence-electron chi connectivity index (χ3n) is 2.72. The average Bonchev–Trinajstić information content (AvgIpc) is 2.60.